The Labute approximate surface area is 91.5 Å². The van der Waals surface area contributed by atoms with Gasteiger partial charge in [-0.2, -0.15) is 4.90 Å². The number of benzene rings is 1. The molecule has 84 valence electrons. The molecule has 0 aliphatic heterocycles. The van der Waals surface area contributed by atoms with Gasteiger partial charge in [0.2, 0.25) is 0 Å². The summed E-state index contributed by atoms with van der Waals surface area (Å²) < 4.78 is 0. The Morgan fingerprint density at radius 3 is 2.44 bits per heavy atom. The average Bonchev–Trinajstić information content (AvgIpc) is 2.27. The maximum Gasteiger partial charge on any atom is 0.420 e. The van der Waals surface area contributed by atoms with Crippen LogP contribution in [0.3, 0.4) is 0 Å². The summed E-state index contributed by atoms with van der Waals surface area (Å²) in [5, 5.41) is 11.0. The van der Waals surface area contributed by atoms with Crippen LogP contribution in [0.1, 0.15) is 0 Å². The number of rotatable bonds is 3. The largest absolute Gasteiger partial charge is 0.464 e. The molecule has 6 heteroatoms. The second kappa shape index (κ2) is 5.50. The molecule has 1 rings (SSSR count). The maximum atomic E-state index is 11.4. The van der Waals surface area contributed by atoms with E-state index in [1.165, 1.54) is 12.1 Å². The van der Waals surface area contributed by atoms with Crippen molar-refractivity contribution in [2.45, 2.75) is 0 Å². The fourth-order valence-electron chi connectivity index (χ4n) is 1.10. The number of aldehydes is 1. The molecule has 0 aromatic heterocycles. The van der Waals surface area contributed by atoms with Gasteiger partial charge in [-0.25, -0.2) is 9.59 Å². The number of amides is 3. The Morgan fingerprint density at radius 2 is 1.94 bits per heavy atom. The summed E-state index contributed by atoms with van der Waals surface area (Å²) in [5.41, 5.74) is 0.221. The number of hydrogen-bond acceptors (Lipinski definition) is 3. The van der Waals surface area contributed by atoms with E-state index in [2.05, 4.69) is 5.32 Å². The van der Waals surface area contributed by atoms with Crippen LogP contribution in [0.25, 0.3) is 0 Å². The number of hydrogen-bond donors (Lipinski definition) is 2. The van der Waals surface area contributed by atoms with Crippen LogP contribution >= 0.6 is 0 Å². The van der Waals surface area contributed by atoms with Crippen molar-refractivity contribution in [2.75, 3.05) is 11.4 Å². The highest BCUT2D eigenvalue weighted by Gasteiger charge is 2.21. The highest BCUT2D eigenvalue weighted by molar-refractivity contribution is 6.11. The molecule has 0 fully saturated rings. The minimum Gasteiger partial charge on any atom is -0.464 e. The summed E-state index contributed by atoms with van der Waals surface area (Å²) in [6, 6.07) is 7.03. The van der Waals surface area contributed by atoms with E-state index in [4.69, 9.17) is 5.11 Å². The number of carboxylic acid groups (broad SMARTS) is 1. The van der Waals surface area contributed by atoms with Crippen LogP contribution in [0.2, 0.25) is 0 Å². The third-order valence-electron chi connectivity index (χ3n) is 1.75. The summed E-state index contributed by atoms with van der Waals surface area (Å²) in [4.78, 5) is 32.9. The van der Waals surface area contributed by atoms with Gasteiger partial charge in [0.1, 0.15) is 6.29 Å². The van der Waals surface area contributed by atoms with Crippen molar-refractivity contribution in [1.29, 1.82) is 0 Å². The summed E-state index contributed by atoms with van der Waals surface area (Å²) in [5.74, 6) is 0. The van der Waals surface area contributed by atoms with Crippen molar-refractivity contribution in [2.24, 2.45) is 0 Å². The van der Waals surface area contributed by atoms with Crippen LogP contribution in [-0.4, -0.2) is 30.1 Å². The molecule has 0 radical (unpaired) electrons. The molecule has 2 N–H and O–H groups in total. The Bertz CT molecular complexity index is 391. The lowest BCUT2D eigenvalue weighted by Crippen LogP contribution is -2.43. The predicted molar refractivity (Wildman–Crippen MR) is 56.4 cm³/mol. The molecule has 0 saturated heterocycles. The summed E-state index contributed by atoms with van der Waals surface area (Å²) in [7, 11) is 0. The zero-order valence-electron chi connectivity index (χ0n) is 8.29. The van der Waals surface area contributed by atoms with Gasteiger partial charge in [-0.05, 0) is 12.1 Å². The Hall–Kier alpha value is -2.37. The second-order valence-corrected chi connectivity index (χ2v) is 2.81. The summed E-state index contributed by atoms with van der Waals surface area (Å²) in [6.07, 6.45) is -0.933. The molecule has 0 aliphatic rings. The van der Waals surface area contributed by atoms with Gasteiger partial charge in [-0.3, -0.25) is 0 Å². The molecule has 1 aromatic carbocycles. The van der Waals surface area contributed by atoms with Gasteiger partial charge in [-0.1, -0.05) is 18.2 Å². The van der Waals surface area contributed by atoms with Crippen molar-refractivity contribution in [3.8, 4) is 0 Å². The van der Waals surface area contributed by atoms with Gasteiger partial charge in [0, 0.05) is 0 Å². The highest BCUT2D eigenvalue weighted by Crippen LogP contribution is 2.13. The van der Waals surface area contributed by atoms with Crippen LogP contribution in [0, 0.1) is 0 Å². The number of anilines is 1. The number of imide groups is 1. The molecule has 0 spiro atoms. The molecule has 6 nitrogen and oxygen atoms in total. The van der Waals surface area contributed by atoms with Gasteiger partial charge in [0.25, 0.3) is 0 Å². The predicted octanol–water partition coefficient (Wildman–Crippen LogP) is 1.08. The Kier molecular flexibility index (Phi) is 4.02. The first-order valence-corrected chi connectivity index (χ1v) is 4.46. The number of carbonyl (C=O) groups is 3. The molecule has 3 amide bonds. The minimum absolute atomic E-state index is 0.221. The standard InChI is InChI=1S/C10H10N2O4/c13-7-6-11-9(14)12(10(15)16)8-4-2-1-3-5-8/h1-5,7H,6H2,(H,11,14)(H,15,16). The molecule has 0 bridgehead atoms. The number of urea groups is 1. The van der Waals surface area contributed by atoms with E-state index in [-0.39, 0.29) is 12.2 Å². The number of nitrogens with one attached hydrogen (secondary N) is 1. The molecular formula is C10H10N2O4. The van der Waals surface area contributed by atoms with Crippen molar-refractivity contribution in [1.82, 2.24) is 5.32 Å². The molecule has 0 atom stereocenters. The fourth-order valence-corrected chi connectivity index (χ4v) is 1.10. The number of carbonyl (C=O) groups excluding carboxylic acids is 2. The Morgan fingerprint density at radius 1 is 1.31 bits per heavy atom. The maximum absolute atomic E-state index is 11.4. The van der Waals surface area contributed by atoms with E-state index < -0.39 is 12.1 Å². The molecule has 0 aliphatic carbocycles. The lowest BCUT2D eigenvalue weighted by molar-refractivity contribution is -0.107. The molecule has 0 heterocycles. The van der Waals surface area contributed by atoms with Crippen LogP contribution in [0.4, 0.5) is 15.3 Å². The van der Waals surface area contributed by atoms with Gasteiger partial charge < -0.3 is 15.2 Å². The topological polar surface area (TPSA) is 86.7 Å². The second-order valence-electron chi connectivity index (χ2n) is 2.81. The van der Waals surface area contributed by atoms with Crippen molar-refractivity contribution in [3.05, 3.63) is 30.3 Å². The Balaban J connectivity index is 2.88. The van der Waals surface area contributed by atoms with E-state index in [9.17, 15) is 14.4 Å². The van der Waals surface area contributed by atoms with Gasteiger partial charge >= 0.3 is 12.1 Å². The van der Waals surface area contributed by atoms with Gasteiger partial charge in [-0.15, -0.1) is 0 Å². The minimum atomic E-state index is -1.41. The quantitative estimate of drug-likeness (QED) is 0.749. The lowest BCUT2D eigenvalue weighted by Gasteiger charge is -2.16. The summed E-state index contributed by atoms with van der Waals surface area (Å²) >= 11 is 0. The first kappa shape index (κ1) is 11.7. The average molecular weight is 222 g/mol. The van der Waals surface area contributed by atoms with Crippen LogP contribution < -0.4 is 10.2 Å². The summed E-state index contributed by atoms with van der Waals surface area (Å²) in [6.45, 7) is -0.227. The molecular weight excluding hydrogens is 212 g/mol. The van der Waals surface area contributed by atoms with Crippen LogP contribution in [0.5, 0.6) is 0 Å². The first-order valence-electron chi connectivity index (χ1n) is 4.46. The van der Waals surface area contributed by atoms with E-state index in [1.54, 1.807) is 18.2 Å². The van der Waals surface area contributed by atoms with E-state index >= 15 is 0 Å². The normalized spacial score (nSPS) is 9.25. The fraction of sp³-hybridized carbons (Fsp3) is 0.100. The van der Waals surface area contributed by atoms with Gasteiger partial charge in [0.05, 0.1) is 12.2 Å². The monoisotopic (exact) mass is 222 g/mol. The van der Waals surface area contributed by atoms with Crippen molar-refractivity contribution < 1.29 is 19.5 Å². The molecule has 1 aromatic rings. The molecule has 0 saturated carbocycles. The van der Waals surface area contributed by atoms with Crippen LogP contribution in [-0.2, 0) is 4.79 Å². The number of nitrogens with zero attached hydrogens (tertiary/aromatic N) is 1. The van der Waals surface area contributed by atoms with Crippen LogP contribution in [0.15, 0.2) is 30.3 Å². The van der Waals surface area contributed by atoms with E-state index in [0.29, 0.717) is 11.2 Å². The first-order chi connectivity index (χ1) is 7.66. The van der Waals surface area contributed by atoms with Gasteiger partial charge in [0.15, 0.2) is 0 Å². The van der Waals surface area contributed by atoms with Crippen molar-refractivity contribution in [3.63, 3.8) is 0 Å². The smallest absolute Gasteiger partial charge is 0.420 e. The SMILES string of the molecule is O=CCNC(=O)N(C(=O)O)c1ccccc1. The van der Waals surface area contributed by atoms with Crippen molar-refractivity contribution >= 4 is 24.1 Å². The highest BCUT2D eigenvalue weighted by atomic mass is 16.4. The van der Waals surface area contributed by atoms with E-state index in [1.807, 2.05) is 0 Å². The third-order valence-corrected chi connectivity index (χ3v) is 1.75. The van der Waals surface area contributed by atoms with E-state index in [0.717, 1.165) is 0 Å². The molecule has 16 heavy (non-hydrogen) atoms. The third kappa shape index (κ3) is 2.81. The number of para-hydroxylation sites is 1. The molecule has 0 unspecified atom stereocenters. The zero-order valence-corrected chi connectivity index (χ0v) is 8.29. The lowest BCUT2D eigenvalue weighted by atomic mass is 10.3. The zero-order chi connectivity index (χ0) is 12.0.